The molecule has 0 aromatic heterocycles. The fourth-order valence-electron chi connectivity index (χ4n) is 1.05. The number of hydrogen-bond donors (Lipinski definition) is 3. The Hall–Kier alpha value is 0.190. The first-order valence-electron chi connectivity index (χ1n) is 3.77. The van der Waals surface area contributed by atoms with Gasteiger partial charge in [-0.15, -0.1) is 0 Å². The molecule has 1 heterocycles. The van der Waals surface area contributed by atoms with E-state index in [1.807, 2.05) is 7.05 Å². The van der Waals surface area contributed by atoms with E-state index in [0.29, 0.717) is 13.1 Å². The van der Waals surface area contributed by atoms with Crippen LogP contribution in [0.15, 0.2) is 0 Å². The number of hydrogen-bond acceptors (Lipinski definition) is 6. The Balaban J connectivity index is 2.26. The van der Waals surface area contributed by atoms with Crippen molar-refractivity contribution in [2.75, 3.05) is 33.2 Å². The SMILES string of the molecule is CN1CCN(O[PH](O)(O)O)CC1. The molecule has 6 nitrogen and oxygen atoms in total. The average molecular weight is 198 g/mol. The Morgan fingerprint density at radius 3 is 2.00 bits per heavy atom. The van der Waals surface area contributed by atoms with Crippen LogP contribution in [0.25, 0.3) is 0 Å². The Labute approximate surface area is 71.6 Å². The summed E-state index contributed by atoms with van der Waals surface area (Å²) >= 11 is 0. The summed E-state index contributed by atoms with van der Waals surface area (Å²) in [6, 6.07) is 0. The number of rotatable bonds is 2. The molecule has 74 valence electrons. The third-order valence-corrected chi connectivity index (χ3v) is 2.22. The molecule has 1 aliphatic rings. The van der Waals surface area contributed by atoms with Gasteiger partial charge >= 0.3 is 70.7 Å². The molecular formula is C5H15N2O4P. The van der Waals surface area contributed by atoms with Crippen LogP contribution in [0.3, 0.4) is 0 Å². The number of piperazine rings is 1. The van der Waals surface area contributed by atoms with E-state index >= 15 is 0 Å². The second-order valence-corrected chi connectivity index (χ2v) is 4.23. The first kappa shape index (κ1) is 10.3. The molecule has 3 N–H and O–H groups in total. The van der Waals surface area contributed by atoms with Gasteiger partial charge in [-0.3, -0.25) is 0 Å². The normalized spacial score (nSPS) is 24.3. The second kappa shape index (κ2) is 3.93. The van der Waals surface area contributed by atoms with Gasteiger partial charge in [-0.2, -0.15) is 0 Å². The van der Waals surface area contributed by atoms with E-state index in [-0.39, 0.29) is 0 Å². The summed E-state index contributed by atoms with van der Waals surface area (Å²) in [5.74, 6) is 0. The van der Waals surface area contributed by atoms with Gasteiger partial charge in [0.05, 0.1) is 0 Å². The molecule has 1 saturated heterocycles. The predicted octanol–water partition coefficient (Wildman–Crippen LogP) is -1.45. The van der Waals surface area contributed by atoms with E-state index < -0.39 is 8.17 Å². The van der Waals surface area contributed by atoms with Crippen LogP contribution in [0.4, 0.5) is 0 Å². The summed E-state index contributed by atoms with van der Waals surface area (Å²) < 4.78 is 4.54. The number of nitrogens with zero attached hydrogens (tertiary/aromatic N) is 2. The molecule has 12 heavy (non-hydrogen) atoms. The van der Waals surface area contributed by atoms with Gasteiger partial charge in [0.25, 0.3) is 0 Å². The predicted molar refractivity (Wildman–Crippen MR) is 45.1 cm³/mol. The van der Waals surface area contributed by atoms with Crippen LogP contribution in [-0.4, -0.2) is 57.9 Å². The van der Waals surface area contributed by atoms with Crippen molar-refractivity contribution in [3.8, 4) is 0 Å². The zero-order valence-electron chi connectivity index (χ0n) is 6.97. The Bertz CT molecular complexity index is 143. The Kier molecular flexibility index (Phi) is 3.37. The van der Waals surface area contributed by atoms with E-state index in [9.17, 15) is 0 Å². The standard InChI is InChI=1S/C5H15N2O4P/c1-6-2-4-7(5-3-6)11-12(8,9)10/h8-10,12H,2-5H2,1H3. The minimum absolute atomic E-state index is 0.576. The molecule has 0 saturated carbocycles. The van der Waals surface area contributed by atoms with Gasteiger partial charge in [-0.05, 0) is 0 Å². The van der Waals surface area contributed by atoms with Crippen LogP contribution >= 0.6 is 8.17 Å². The first-order valence-corrected chi connectivity index (χ1v) is 5.52. The van der Waals surface area contributed by atoms with Crippen molar-refractivity contribution in [2.24, 2.45) is 0 Å². The van der Waals surface area contributed by atoms with Crippen molar-refractivity contribution < 1.29 is 19.3 Å². The molecule has 0 aliphatic carbocycles. The molecule has 0 aromatic rings. The average Bonchev–Trinajstić information content (AvgIpc) is 1.91. The van der Waals surface area contributed by atoms with E-state index in [1.165, 1.54) is 5.06 Å². The van der Waals surface area contributed by atoms with Gasteiger partial charge in [0.1, 0.15) is 0 Å². The monoisotopic (exact) mass is 198 g/mol. The molecule has 7 heteroatoms. The second-order valence-electron chi connectivity index (χ2n) is 2.90. The van der Waals surface area contributed by atoms with E-state index in [0.717, 1.165) is 13.1 Å². The molecule has 0 bridgehead atoms. The zero-order chi connectivity index (χ0) is 9.19. The van der Waals surface area contributed by atoms with Crippen molar-refractivity contribution in [3.05, 3.63) is 0 Å². The summed E-state index contributed by atoms with van der Waals surface area (Å²) in [5.41, 5.74) is 0. The number of hydroxylamine groups is 2. The van der Waals surface area contributed by atoms with Crippen LogP contribution in [0.2, 0.25) is 0 Å². The zero-order valence-corrected chi connectivity index (χ0v) is 7.97. The molecule has 0 radical (unpaired) electrons. The molecule has 0 atom stereocenters. The first-order chi connectivity index (χ1) is 5.47. The summed E-state index contributed by atoms with van der Waals surface area (Å²) in [5, 5.41) is 1.38. The summed E-state index contributed by atoms with van der Waals surface area (Å²) in [6.07, 6.45) is 0. The molecular weight excluding hydrogens is 183 g/mol. The van der Waals surface area contributed by atoms with Crippen molar-refractivity contribution in [1.29, 1.82) is 0 Å². The fourth-order valence-corrected chi connectivity index (χ4v) is 1.58. The van der Waals surface area contributed by atoms with Gasteiger partial charge in [0.15, 0.2) is 0 Å². The molecule has 1 aliphatic heterocycles. The maximum absolute atomic E-state index is 8.61. The fraction of sp³-hybridized carbons (Fsp3) is 1.00. The van der Waals surface area contributed by atoms with Gasteiger partial charge in [0, 0.05) is 0 Å². The molecule has 0 amide bonds. The minimum atomic E-state index is -4.36. The van der Waals surface area contributed by atoms with Crippen molar-refractivity contribution >= 4 is 8.17 Å². The van der Waals surface area contributed by atoms with E-state index in [2.05, 4.69) is 9.52 Å². The molecule has 0 spiro atoms. The molecule has 1 rings (SSSR count). The van der Waals surface area contributed by atoms with Crippen LogP contribution in [-0.2, 0) is 4.62 Å². The molecule has 0 unspecified atom stereocenters. The van der Waals surface area contributed by atoms with Crippen LogP contribution in [0.1, 0.15) is 0 Å². The maximum atomic E-state index is 8.61. The van der Waals surface area contributed by atoms with E-state index in [4.69, 9.17) is 14.7 Å². The van der Waals surface area contributed by atoms with Crippen LogP contribution in [0, 0.1) is 0 Å². The van der Waals surface area contributed by atoms with E-state index in [1.54, 1.807) is 0 Å². The third kappa shape index (κ3) is 3.73. The van der Waals surface area contributed by atoms with Crippen molar-refractivity contribution in [3.63, 3.8) is 0 Å². The van der Waals surface area contributed by atoms with Gasteiger partial charge in [-0.1, -0.05) is 0 Å². The van der Waals surface area contributed by atoms with Gasteiger partial charge in [0.2, 0.25) is 0 Å². The van der Waals surface area contributed by atoms with Crippen molar-refractivity contribution in [1.82, 2.24) is 9.96 Å². The topological polar surface area (TPSA) is 76.4 Å². The van der Waals surface area contributed by atoms with Crippen LogP contribution < -0.4 is 0 Å². The number of likely N-dealkylation sites (N-methyl/N-ethyl adjacent to an activating group) is 1. The van der Waals surface area contributed by atoms with Crippen LogP contribution in [0.5, 0.6) is 0 Å². The van der Waals surface area contributed by atoms with Gasteiger partial charge in [-0.25, -0.2) is 0 Å². The summed E-state index contributed by atoms with van der Waals surface area (Å²) in [6.45, 7) is 2.74. The quantitative estimate of drug-likeness (QED) is 0.471. The Morgan fingerprint density at radius 1 is 1.08 bits per heavy atom. The summed E-state index contributed by atoms with van der Waals surface area (Å²) in [4.78, 5) is 27.9. The van der Waals surface area contributed by atoms with Gasteiger partial charge < -0.3 is 0 Å². The third-order valence-electron chi connectivity index (χ3n) is 1.71. The molecule has 1 fully saturated rings. The Morgan fingerprint density at radius 2 is 1.58 bits per heavy atom. The molecule has 0 aromatic carbocycles. The van der Waals surface area contributed by atoms with Crippen molar-refractivity contribution in [2.45, 2.75) is 0 Å². The summed E-state index contributed by atoms with van der Waals surface area (Å²) in [7, 11) is -2.39.